The van der Waals surface area contributed by atoms with Gasteiger partial charge in [0.2, 0.25) is 17.7 Å². The number of carbonyl (C=O) groups is 3. The predicted molar refractivity (Wildman–Crippen MR) is 132 cm³/mol. The van der Waals surface area contributed by atoms with Crippen molar-refractivity contribution in [2.45, 2.75) is 70.9 Å². The van der Waals surface area contributed by atoms with Gasteiger partial charge in [-0.2, -0.15) is 5.10 Å². The first-order valence-electron chi connectivity index (χ1n) is 12.1. The highest BCUT2D eigenvalue weighted by molar-refractivity contribution is 8.14. The Hall–Kier alpha value is -2.75. The monoisotopic (exact) mass is 486 g/mol. The minimum atomic E-state index is -0.409. The van der Waals surface area contributed by atoms with Crippen molar-refractivity contribution in [1.82, 2.24) is 25.9 Å². The fraction of sp³-hybridized carbons (Fsp3) is 0.583. The molecule has 34 heavy (non-hydrogen) atoms. The predicted octanol–water partition coefficient (Wildman–Crippen LogP) is 1.81. The summed E-state index contributed by atoms with van der Waals surface area (Å²) in [5.74, 6) is 0.117. The second-order valence-corrected chi connectivity index (χ2v) is 10.3. The number of amidine groups is 1. The molecule has 1 aromatic carbocycles. The van der Waals surface area contributed by atoms with Crippen LogP contribution in [-0.2, 0) is 20.9 Å². The number of hydrazone groups is 1. The molecule has 3 N–H and O–H groups in total. The molecule has 0 aromatic heterocycles. The molecule has 1 aliphatic carbocycles. The largest absolute Gasteiger partial charge is 0.354 e. The summed E-state index contributed by atoms with van der Waals surface area (Å²) >= 11 is 1.39. The van der Waals surface area contributed by atoms with Gasteiger partial charge in [-0.3, -0.25) is 19.8 Å². The van der Waals surface area contributed by atoms with Gasteiger partial charge in [0, 0.05) is 31.6 Å². The van der Waals surface area contributed by atoms with E-state index in [0.29, 0.717) is 13.1 Å². The number of thioether (sulfide) groups is 1. The van der Waals surface area contributed by atoms with Crippen LogP contribution < -0.4 is 16.1 Å². The third-order valence-electron chi connectivity index (χ3n) is 6.44. The Morgan fingerprint density at radius 1 is 1.18 bits per heavy atom. The first kappa shape index (κ1) is 24.4. The fourth-order valence-electron chi connectivity index (χ4n) is 4.88. The van der Waals surface area contributed by atoms with Gasteiger partial charge in [-0.05, 0) is 32.3 Å². The SMILES string of the molecule is CC(C)NC(=O)CCN1C(=O)C2CCCCC2N2C(SCC(=O)NCc3ccccc3)=NNC12. The molecule has 3 unspecified atom stereocenters. The van der Waals surface area contributed by atoms with Gasteiger partial charge in [0.1, 0.15) is 0 Å². The van der Waals surface area contributed by atoms with E-state index in [-0.39, 0.29) is 47.9 Å². The molecule has 0 spiro atoms. The third-order valence-corrected chi connectivity index (χ3v) is 7.40. The van der Waals surface area contributed by atoms with Crippen molar-refractivity contribution in [2.75, 3.05) is 12.3 Å². The third kappa shape index (κ3) is 5.65. The molecule has 184 valence electrons. The van der Waals surface area contributed by atoms with Crippen LogP contribution in [0.3, 0.4) is 0 Å². The van der Waals surface area contributed by atoms with Crippen LogP contribution in [0.2, 0.25) is 0 Å². The lowest BCUT2D eigenvalue weighted by molar-refractivity contribution is -0.155. The topological polar surface area (TPSA) is 106 Å². The quantitative estimate of drug-likeness (QED) is 0.518. The van der Waals surface area contributed by atoms with E-state index in [4.69, 9.17) is 0 Å². The van der Waals surface area contributed by atoms with Crippen LogP contribution in [-0.4, -0.2) is 63.4 Å². The van der Waals surface area contributed by atoms with Gasteiger partial charge in [0.05, 0.1) is 11.7 Å². The zero-order chi connectivity index (χ0) is 24.1. The first-order valence-corrected chi connectivity index (χ1v) is 13.1. The molecule has 2 aliphatic heterocycles. The van der Waals surface area contributed by atoms with Gasteiger partial charge in [0.25, 0.3) is 0 Å². The van der Waals surface area contributed by atoms with Crippen LogP contribution in [0.5, 0.6) is 0 Å². The van der Waals surface area contributed by atoms with Gasteiger partial charge >= 0.3 is 0 Å². The summed E-state index contributed by atoms with van der Waals surface area (Å²) in [7, 11) is 0. The Kier molecular flexibility index (Phi) is 7.97. The standard InChI is InChI=1S/C24H34N6O3S/c1-16(2)26-20(31)12-13-29-22(33)18-10-6-7-11-19(18)30-23(29)27-28-24(30)34-15-21(32)25-14-17-8-4-3-5-9-17/h3-5,8-9,16,18-19,23,27H,6-7,10-15H2,1-2H3,(H,25,32)(H,26,31). The molecule has 4 rings (SSSR count). The van der Waals surface area contributed by atoms with Crippen molar-refractivity contribution in [3.8, 4) is 0 Å². The second kappa shape index (κ2) is 11.1. The molecule has 9 nitrogen and oxygen atoms in total. The average molecular weight is 487 g/mol. The minimum Gasteiger partial charge on any atom is -0.354 e. The zero-order valence-corrected chi connectivity index (χ0v) is 20.6. The summed E-state index contributed by atoms with van der Waals surface area (Å²) in [4.78, 5) is 41.9. The van der Waals surface area contributed by atoms with Crippen LogP contribution in [0.15, 0.2) is 35.4 Å². The zero-order valence-electron chi connectivity index (χ0n) is 19.8. The molecule has 1 saturated carbocycles. The number of fused-ring (bicyclic) bond motifs is 3. The number of hydrogen-bond acceptors (Lipinski definition) is 7. The Balaban J connectivity index is 1.38. The molecule has 3 amide bonds. The Labute approximate surface area is 205 Å². The molecular formula is C24H34N6O3S. The number of benzene rings is 1. The van der Waals surface area contributed by atoms with Crippen molar-refractivity contribution < 1.29 is 14.4 Å². The van der Waals surface area contributed by atoms with Gasteiger partial charge < -0.3 is 20.4 Å². The summed E-state index contributed by atoms with van der Waals surface area (Å²) in [6.07, 6.45) is 3.71. The van der Waals surface area contributed by atoms with Crippen molar-refractivity contribution in [3.63, 3.8) is 0 Å². The number of amides is 3. The lowest BCUT2D eigenvalue weighted by Gasteiger charge is -2.50. The number of rotatable bonds is 8. The van der Waals surface area contributed by atoms with Crippen molar-refractivity contribution in [1.29, 1.82) is 0 Å². The summed E-state index contributed by atoms with van der Waals surface area (Å²) in [5, 5.41) is 11.1. The van der Waals surface area contributed by atoms with Crippen molar-refractivity contribution in [3.05, 3.63) is 35.9 Å². The summed E-state index contributed by atoms with van der Waals surface area (Å²) in [6.45, 7) is 4.66. The van der Waals surface area contributed by atoms with Gasteiger partial charge in [0.15, 0.2) is 11.5 Å². The maximum Gasteiger partial charge on any atom is 0.230 e. The second-order valence-electron chi connectivity index (χ2n) is 9.32. The number of nitrogens with one attached hydrogen (secondary N) is 3. The lowest BCUT2D eigenvalue weighted by atomic mass is 9.81. The molecule has 2 heterocycles. The molecule has 10 heteroatoms. The summed E-state index contributed by atoms with van der Waals surface area (Å²) in [5.41, 5.74) is 4.16. The molecule has 3 atom stereocenters. The molecule has 3 aliphatic rings. The van der Waals surface area contributed by atoms with Crippen LogP contribution in [0, 0.1) is 5.92 Å². The Morgan fingerprint density at radius 3 is 2.71 bits per heavy atom. The number of nitrogens with zero attached hydrogens (tertiary/aromatic N) is 3. The highest BCUT2D eigenvalue weighted by Crippen LogP contribution is 2.38. The van der Waals surface area contributed by atoms with Gasteiger partial charge in [-0.25, -0.2) is 0 Å². The van der Waals surface area contributed by atoms with E-state index < -0.39 is 6.29 Å². The van der Waals surface area contributed by atoms with E-state index in [9.17, 15) is 14.4 Å². The molecule has 1 saturated heterocycles. The minimum absolute atomic E-state index is 0.0597. The molecule has 0 radical (unpaired) electrons. The van der Waals surface area contributed by atoms with Gasteiger partial charge in [-0.1, -0.05) is 54.9 Å². The fourth-order valence-corrected chi connectivity index (χ4v) is 5.74. The van der Waals surface area contributed by atoms with Gasteiger partial charge in [-0.15, -0.1) is 0 Å². The maximum atomic E-state index is 13.3. The van der Waals surface area contributed by atoms with E-state index in [2.05, 4.69) is 26.1 Å². The Bertz CT molecular complexity index is 925. The van der Waals surface area contributed by atoms with Crippen LogP contribution >= 0.6 is 11.8 Å². The average Bonchev–Trinajstić information content (AvgIpc) is 3.25. The molecule has 0 bridgehead atoms. The maximum absolute atomic E-state index is 13.3. The van der Waals surface area contributed by atoms with Crippen LogP contribution in [0.1, 0.15) is 51.5 Å². The van der Waals surface area contributed by atoms with E-state index in [1.54, 1.807) is 4.90 Å². The Morgan fingerprint density at radius 2 is 1.94 bits per heavy atom. The van der Waals surface area contributed by atoms with E-state index in [0.717, 1.165) is 36.4 Å². The van der Waals surface area contributed by atoms with E-state index in [1.807, 2.05) is 44.2 Å². The number of hydrogen-bond donors (Lipinski definition) is 3. The lowest BCUT2D eigenvalue weighted by Crippen LogP contribution is -2.67. The molecular weight excluding hydrogens is 452 g/mol. The van der Waals surface area contributed by atoms with Crippen molar-refractivity contribution >= 4 is 34.7 Å². The van der Waals surface area contributed by atoms with E-state index >= 15 is 0 Å². The molecule has 2 fully saturated rings. The summed E-state index contributed by atoms with van der Waals surface area (Å²) < 4.78 is 0. The first-order chi connectivity index (χ1) is 16.4. The summed E-state index contributed by atoms with van der Waals surface area (Å²) in [6, 6.07) is 9.94. The molecule has 1 aromatic rings. The number of carbonyl (C=O) groups excluding carboxylic acids is 3. The highest BCUT2D eigenvalue weighted by atomic mass is 32.2. The normalized spacial score (nSPS) is 23.7. The highest BCUT2D eigenvalue weighted by Gasteiger charge is 2.50. The van der Waals surface area contributed by atoms with Crippen LogP contribution in [0.25, 0.3) is 0 Å². The van der Waals surface area contributed by atoms with Crippen molar-refractivity contribution in [2.24, 2.45) is 11.0 Å². The smallest absolute Gasteiger partial charge is 0.230 e. The van der Waals surface area contributed by atoms with Crippen LogP contribution in [0.4, 0.5) is 0 Å². The van der Waals surface area contributed by atoms with E-state index in [1.165, 1.54) is 11.8 Å².